The van der Waals surface area contributed by atoms with Gasteiger partial charge in [0.2, 0.25) is 0 Å². The normalized spacial score (nSPS) is 11.3. The topological polar surface area (TPSA) is 28.2 Å². The zero-order valence-electron chi connectivity index (χ0n) is 11.2. The van der Waals surface area contributed by atoms with Crippen molar-refractivity contribution in [2.75, 3.05) is 27.2 Å². The van der Waals surface area contributed by atoms with Gasteiger partial charge >= 0.3 is 0 Å². The van der Waals surface area contributed by atoms with Crippen molar-refractivity contribution in [3.05, 3.63) is 42.2 Å². The smallest absolute Gasteiger partial charge is 0.0346 e. The molecule has 2 aromatic rings. The summed E-state index contributed by atoms with van der Waals surface area (Å²) < 4.78 is 0. The minimum Gasteiger partial charge on any atom is -0.313 e. The van der Waals surface area contributed by atoms with Gasteiger partial charge in [-0.15, -0.1) is 0 Å². The first-order chi connectivity index (χ1) is 8.77. The van der Waals surface area contributed by atoms with Crippen LogP contribution in [-0.4, -0.2) is 37.1 Å². The molecule has 0 fully saturated rings. The van der Waals surface area contributed by atoms with Gasteiger partial charge in [-0.1, -0.05) is 18.2 Å². The summed E-state index contributed by atoms with van der Waals surface area (Å²) in [6.45, 7) is 3.11. The zero-order chi connectivity index (χ0) is 12.8. The predicted octanol–water partition coefficient (Wildman–Crippen LogP) is 2.28. The Balaban J connectivity index is 1.91. The summed E-state index contributed by atoms with van der Waals surface area (Å²) in [7, 11) is 4.22. The van der Waals surface area contributed by atoms with Crippen molar-refractivity contribution in [1.29, 1.82) is 0 Å². The van der Waals surface area contributed by atoms with Crippen LogP contribution in [-0.2, 0) is 6.54 Å². The number of nitrogens with zero attached hydrogens (tertiary/aromatic N) is 2. The highest BCUT2D eigenvalue weighted by Crippen LogP contribution is 2.16. The Morgan fingerprint density at radius 3 is 2.94 bits per heavy atom. The Hall–Kier alpha value is -1.45. The Morgan fingerprint density at radius 1 is 1.22 bits per heavy atom. The van der Waals surface area contributed by atoms with Gasteiger partial charge in [0.1, 0.15) is 0 Å². The van der Waals surface area contributed by atoms with Crippen LogP contribution < -0.4 is 5.32 Å². The molecular weight excluding hydrogens is 222 g/mol. The number of hydrogen-bond donors (Lipinski definition) is 1. The van der Waals surface area contributed by atoms with E-state index < -0.39 is 0 Å². The summed E-state index contributed by atoms with van der Waals surface area (Å²) in [6.07, 6.45) is 4.96. The molecule has 0 aliphatic heterocycles. The summed E-state index contributed by atoms with van der Waals surface area (Å²) in [5, 5.41) is 6.01. The largest absolute Gasteiger partial charge is 0.313 e. The molecule has 0 bridgehead atoms. The van der Waals surface area contributed by atoms with Crippen LogP contribution >= 0.6 is 0 Å². The molecule has 96 valence electrons. The van der Waals surface area contributed by atoms with E-state index in [2.05, 4.69) is 53.6 Å². The maximum atomic E-state index is 4.16. The quantitative estimate of drug-likeness (QED) is 0.789. The molecule has 0 amide bonds. The van der Waals surface area contributed by atoms with Crippen LogP contribution in [0.4, 0.5) is 0 Å². The van der Waals surface area contributed by atoms with Gasteiger partial charge in [0.15, 0.2) is 0 Å². The van der Waals surface area contributed by atoms with Crippen molar-refractivity contribution in [3.8, 4) is 0 Å². The molecule has 0 aliphatic carbocycles. The number of fused-ring (bicyclic) bond motifs is 1. The molecule has 1 N–H and O–H groups in total. The first-order valence-corrected chi connectivity index (χ1v) is 6.44. The van der Waals surface area contributed by atoms with E-state index in [1.807, 2.05) is 12.4 Å². The van der Waals surface area contributed by atoms with Gasteiger partial charge in [0.05, 0.1) is 0 Å². The third-order valence-electron chi connectivity index (χ3n) is 3.05. The molecule has 1 aromatic carbocycles. The number of rotatable bonds is 6. The second-order valence-corrected chi connectivity index (χ2v) is 4.85. The monoisotopic (exact) mass is 243 g/mol. The van der Waals surface area contributed by atoms with Crippen molar-refractivity contribution in [3.63, 3.8) is 0 Å². The van der Waals surface area contributed by atoms with Gasteiger partial charge in [0.25, 0.3) is 0 Å². The lowest BCUT2D eigenvalue weighted by atomic mass is 10.1. The fraction of sp³-hybridized carbons (Fsp3) is 0.400. The van der Waals surface area contributed by atoms with Crippen LogP contribution in [0.2, 0.25) is 0 Å². The van der Waals surface area contributed by atoms with E-state index in [1.165, 1.54) is 22.8 Å². The Morgan fingerprint density at radius 2 is 2.11 bits per heavy atom. The van der Waals surface area contributed by atoms with E-state index in [1.54, 1.807) is 0 Å². The van der Waals surface area contributed by atoms with E-state index >= 15 is 0 Å². The SMILES string of the molecule is CN(C)CCCNCc1cccc2cnccc12. The van der Waals surface area contributed by atoms with Gasteiger partial charge < -0.3 is 10.2 Å². The number of pyridine rings is 1. The fourth-order valence-corrected chi connectivity index (χ4v) is 2.09. The third kappa shape index (κ3) is 3.52. The maximum Gasteiger partial charge on any atom is 0.0346 e. The Kier molecular flexibility index (Phi) is 4.67. The van der Waals surface area contributed by atoms with Crippen molar-refractivity contribution < 1.29 is 0 Å². The predicted molar refractivity (Wildman–Crippen MR) is 76.6 cm³/mol. The lowest BCUT2D eigenvalue weighted by molar-refractivity contribution is 0.394. The Labute approximate surface area is 109 Å². The summed E-state index contributed by atoms with van der Waals surface area (Å²) in [5.41, 5.74) is 1.35. The molecule has 0 aliphatic rings. The highest BCUT2D eigenvalue weighted by Gasteiger charge is 1.99. The van der Waals surface area contributed by atoms with E-state index in [9.17, 15) is 0 Å². The molecule has 0 atom stereocenters. The molecule has 0 saturated heterocycles. The molecule has 18 heavy (non-hydrogen) atoms. The van der Waals surface area contributed by atoms with Crippen molar-refractivity contribution in [2.24, 2.45) is 0 Å². The molecule has 0 saturated carbocycles. The molecule has 0 radical (unpaired) electrons. The molecule has 3 heteroatoms. The van der Waals surface area contributed by atoms with Crippen molar-refractivity contribution >= 4 is 10.8 Å². The average molecular weight is 243 g/mol. The summed E-state index contributed by atoms with van der Waals surface area (Å²) >= 11 is 0. The number of aromatic nitrogens is 1. The van der Waals surface area contributed by atoms with E-state index in [4.69, 9.17) is 0 Å². The highest BCUT2D eigenvalue weighted by molar-refractivity contribution is 5.84. The van der Waals surface area contributed by atoms with Crippen molar-refractivity contribution in [2.45, 2.75) is 13.0 Å². The zero-order valence-corrected chi connectivity index (χ0v) is 11.2. The van der Waals surface area contributed by atoms with Gasteiger partial charge in [-0.3, -0.25) is 4.98 Å². The minimum atomic E-state index is 0.925. The van der Waals surface area contributed by atoms with Crippen LogP contribution in [0.5, 0.6) is 0 Å². The van der Waals surface area contributed by atoms with Crippen molar-refractivity contribution in [1.82, 2.24) is 15.2 Å². The second-order valence-electron chi connectivity index (χ2n) is 4.85. The van der Waals surface area contributed by atoms with Crippen LogP contribution in [0.15, 0.2) is 36.7 Å². The third-order valence-corrected chi connectivity index (χ3v) is 3.05. The summed E-state index contributed by atoms with van der Waals surface area (Å²) in [6, 6.07) is 8.48. The van der Waals surface area contributed by atoms with Crippen LogP contribution in [0.3, 0.4) is 0 Å². The Bertz CT molecular complexity index is 489. The average Bonchev–Trinajstić information content (AvgIpc) is 2.38. The molecule has 2 rings (SSSR count). The second kappa shape index (κ2) is 6.47. The van der Waals surface area contributed by atoms with Crippen LogP contribution in [0, 0.1) is 0 Å². The molecule has 3 nitrogen and oxygen atoms in total. The van der Waals surface area contributed by atoms with E-state index in [0.29, 0.717) is 0 Å². The first kappa shape index (κ1) is 13.0. The first-order valence-electron chi connectivity index (χ1n) is 6.44. The van der Waals surface area contributed by atoms with E-state index in [0.717, 1.165) is 19.6 Å². The molecule has 0 spiro atoms. The number of nitrogens with one attached hydrogen (secondary N) is 1. The standard InChI is InChI=1S/C15H21N3/c1-18(2)10-4-8-16-11-13-5-3-6-14-12-17-9-7-15(13)14/h3,5-7,9,12,16H,4,8,10-11H2,1-2H3. The molecule has 1 heterocycles. The highest BCUT2D eigenvalue weighted by atomic mass is 15.0. The van der Waals surface area contributed by atoms with Crippen LogP contribution in [0.1, 0.15) is 12.0 Å². The maximum absolute atomic E-state index is 4.16. The van der Waals surface area contributed by atoms with Gasteiger partial charge in [-0.2, -0.15) is 0 Å². The molecule has 0 unspecified atom stereocenters. The van der Waals surface area contributed by atoms with Gasteiger partial charge in [0, 0.05) is 24.3 Å². The van der Waals surface area contributed by atoms with Gasteiger partial charge in [-0.05, 0) is 50.6 Å². The lowest BCUT2D eigenvalue weighted by Crippen LogP contribution is -2.21. The summed E-state index contributed by atoms with van der Waals surface area (Å²) in [4.78, 5) is 6.37. The van der Waals surface area contributed by atoms with E-state index in [-0.39, 0.29) is 0 Å². The molecular formula is C15H21N3. The van der Waals surface area contributed by atoms with Gasteiger partial charge in [-0.25, -0.2) is 0 Å². The number of benzene rings is 1. The number of hydrogen-bond acceptors (Lipinski definition) is 3. The lowest BCUT2D eigenvalue weighted by Gasteiger charge is -2.10. The fourth-order valence-electron chi connectivity index (χ4n) is 2.09. The van der Waals surface area contributed by atoms with Crippen LogP contribution in [0.25, 0.3) is 10.8 Å². The summed E-state index contributed by atoms with van der Waals surface area (Å²) in [5.74, 6) is 0. The molecule has 1 aromatic heterocycles. The minimum absolute atomic E-state index is 0.925.